The number of hydrogen-bond acceptors (Lipinski definition) is 6. The molecular weight excluding hydrogens is 463 g/mol. The van der Waals surface area contributed by atoms with Crippen molar-refractivity contribution in [3.63, 3.8) is 0 Å². The van der Waals surface area contributed by atoms with Crippen LogP contribution in [0.1, 0.15) is 36.0 Å². The number of aryl methyl sites for hydroxylation is 2. The van der Waals surface area contributed by atoms with Gasteiger partial charge < -0.3 is 15.5 Å². The maximum Gasteiger partial charge on any atom is 0.174 e. The molecular formula is C30H37FN6. The third-order valence-corrected chi connectivity index (χ3v) is 6.54. The van der Waals surface area contributed by atoms with E-state index in [-0.39, 0.29) is 12.1 Å². The highest BCUT2D eigenvalue weighted by Gasteiger charge is 2.25. The molecule has 0 aromatic heterocycles. The van der Waals surface area contributed by atoms with Gasteiger partial charge in [-0.3, -0.25) is 15.3 Å². The SMILES string of the molecule is C=N/C(=C(/C1=CC=NC(NC2CCCNC2)N1)N1C=CCC1)c1ccc(C)cc1.Cc1ccc(F)cc1. The van der Waals surface area contributed by atoms with Crippen molar-refractivity contribution in [2.24, 2.45) is 9.98 Å². The molecule has 3 aliphatic heterocycles. The highest BCUT2D eigenvalue weighted by molar-refractivity contribution is 5.80. The second-order valence-corrected chi connectivity index (χ2v) is 9.52. The zero-order valence-electron chi connectivity index (χ0n) is 21.8. The van der Waals surface area contributed by atoms with Gasteiger partial charge in [0.15, 0.2) is 6.29 Å². The number of aliphatic imine (C=N–C) groups is 2. The summed E-state index contributed by atoms with van der Waals surface area (Å²) in [6, 6.07) is 15.3. The number of piperidine rings is 1. The third kappa shape index (κ3) is 7.47. The van der Waals surface area contributed by atoms with Gasteiger partial charge in [-0.25, -0.2) is 4.39 Å². The molecule has 3 heterocycles. The Balaban J connectivity index is 0.000000342. The zero-order chi connectivity index (χ0) is 26.0. The number of rotatable bonds is 6. The van der Waals surface area contributed by atoms with Gasteiger partial charge in [-0.2, -0.15) is 0 Å². The van der Waals surface area contributed by atoms with E-state index in [4.69, 9.17) is 0 Å². The fourth-order valence-electron chi connectivity index (χ4n) is 4.53. The first-order valence-electron chi connectivity index (χ1n) is 12.9. The molecule has 3 N–H and O–H groups in total. The van der Waals surface area contributed by atoms with Crippen molar-refractivity contribution in [2.45, 2.75) is 45.4 Å². The quantitative estimate of drug-likeness (QED) is 0.494. The average Bonchev–Trinajstić information content (AvgIpc) is 3.45. The van der Waals surface area contributed by atoms with Gasteiger partial charge in [-0.05, 0) is 64.6 Å². The van der Waals surface area contributed by atoms with Gasteiger partial charge >= 0.3 is 0 Å². The molecule has 0 spiro atoms. The maximum absolute atomic E-state index is 12.1. The van der Waals surface area contributed by atoms with Gasteiger partial charge in [0.2, 0.25) is 0 Å². The lowest BCUT2D eigenvalue weighted by atomic mass is 10.1. The van der Waals surface area contributed by atoms with E-state index >= 15 is 0 Å². The van der Waals surface area contributed by atoms with E-state index in [1.165, 1.54) is 30.5 Å². The predicted octanol–water partition coefficient (Wildman–Crippen LogP) is 4.90. The molecule has 1 fully saturated rings. The molecule has 2 aromatic carbocycles. The van der Waals surface area contributed by atoms with Gasteiger partial charge in [0.05, 0.1) is 17.1 Å². The minimum atomic E-state index is -0.171. The number of nitrogens with one attached hydrogen (secondary N) is 3. The van der Waals surface area contributed by atoms with Crippen LogP contribution in [0.25, 0.3) is 5.70 Å². The third-order valence-electron chi connectivity index (χ3n) is 6.54. The Bertz CT molecular complexity index is 1140. The van der Waals surface area contributed by atoms with Crippen molar-refractivity contribution in [1.29, 1.82) is 0 Å². The second kappa shape index (κ2) is 13.1. The van der Waals surface area contributed by atoms with E-state index in [9.17, 15) is 4.39 Å². The Kier molecular flexibility index (Phi) is 9.40. The molecule has 2 atom stereocenters. The summed E-state index contributed by atoms with van der Waals surface area (Å²) in [5.41, 5.74) is 6.31. The number of halogens is 1. The van der Waals surface area contributed by atoms with Crippen LogP contribution in [-0.2, 0) is 0 Å². The lowest BCUT2D eigenvalue weighted by molar-refractivity contribution is 0.333. The van der Waals surface area contributed by atoms with Crippen molar-refractivity contribution in [1.82, 2.24) is 20.9 Å². The second-order valence-electron chi connectivity index (χ2n) is 9.52. The zero-order valence-corrected chi connectivity index (χ0v) is 21.8. The molecule has 2 unspecified atom stereocenters. The van der Waals surface area contributed by atoms with E-state index in [0.29, 0.717) is 6.04 Å². The van der Waals surface area contributed by atoms with Crippen molar-refractivity contribution in [2.75, 3.05) is 19.6 Å². The monoisotopic (exact) mass is 500 g/mol. The first-order chi connectivity index (χ1) is 18.0. The molecule has 0 radical (unpaired) electrons. The van der Waals surface area contributed by atoms with E-state index in [1.807, 2.05) is 19.2 Å². The number of nitrogens with zero attached hydrogens (tertiary/aromatic N) is 3. The Morgan fingerprint density at radius 1 is 1.11 bits per heavy atom. The van der Waals surface area contributed by atoms with Crippen LogP contribution in [0, 0.1) is 19.7 Å². The molecule has 0 amide bonds. The van der Waals surface area contributed by atoms with Crippen LogP contribution in [-0.4, -0.2) is 49.8 Å². The molecule has 0 aliphatic carbocycles. The van der Waals surface area contributed by atoms with Crippen molar-refractivity contribution in [3.05, 3.63) is 101 Å². The summed E-state index contributed by atoms with van der Waals surface area (Å²) in [6.45, 7) is 10.9. The normalized spacial score (nSPS) is 21.4. The predicted molar refractivity (Wildman–Crippen MR) is 152 cm³/mol. The summed E-state index contributed by atoms with van der Waals surface area (Å²) in [7, 11) is 0. The van der Waals surface area contributed by atoms with Crippen LogP contribution >= 0.6 is 0 Å². The fourth-order valence-corrected chi connectivity index (χ4v) is 4.53. The van der Waals surface area contributed by atoms with Crippen LogP contribution < -0.4 is 16.0 Å². The van der Waals surface area contributed by atoms with E-state index in [2.05, 4.69) is 81.0 Å². The van der Waals surface area contributed by atoms with Gasteiger partial charge in [0, 0.05) is 37.1 Å². The lowest BCUT2D eigenvalue weighted by Gasteiger charge is -2.32. The summed E-state index contributed by atoms with van der Waals surface area (Å²) < 4.78 is 12.1. The van der Waals surface area contributed by atoms with Gasteiger partial charge in [-0.15, -0.1) is 0 Å². The minimum Gasteiger partial charge on any atom is -0.350 e. The number of hydrogen-bond donors (Lipinski definition) is 3. The molecule has 5 rings (SSSR count). The summed E-state index contributed by atoms with van der Waals surface area (Å²) in [5, 5.41) is 10.6. The van der Waals surface area contributed by atoms with Crippen LogP contribution in [0.3, 0.4) is 0 Å². The van der Waals surface area contributed by atoms with Crippen LogP contribution in [0.4, 0.5) is 4.39 Å². The number of benzene rings is 2. The van der Waals surface area contributed by atoms with E-state index in [0.717, 1.165) is 54.3 Å². The summed E-state index contributed by atoms with van der Waals surface area (Å²) in [6.07, 6.45) is 11.5. The first kappa shape index (κ1) is 26.5. The van der Waals surface area contributed by atoms with E-state index < -0.39 is 0 Å². The Labute approximate surface area is 219 Å². The molecule has 194 valence electrons. The molecule has 7 heteroatoms. The molecule has 6 nitrogen and oxygen atoms in total. The Morgan fingerprint density at radius 2 is 1.84 bits per heavy atom. The van der Waals surface area contributed by atoms with Crippen LogP contribution in [0.2, 0.25) is 0 Å². The highest BCUT2D eigenvalue weighted by Crippen LogP contribution is 2.30. The van der Waals surface area contributed by atoms with Gasteiger partial charge in [0.1, 0.15) is 5.82 Å². The molecule has 3 aliphatic rings. The Morgan fingerprint density at radius 3 is 2.43 bits per heavy atom. The van der Waals surface area contributed by atoms with Gasteiger partial charge in [0.25, 0.3) is 0 Å². The molecule has 0 bridgehead atoms. The molecule has 1 saturated heterocycles. The first-order valence-corrected chi connectivity index (χ1v) is 12.9. The summed E-state index contributed by atoms with van der Waals surface area (Å²) >= 11 is 0. The van der Waals surface area contributed by atoms with Crippen molar-refractivity contribution >= 4 is 18.6 Å². The average molecular weight is 501 g/mol. The van der Waals surface area contributed by atoms with Crippen LogP contribution in [0.5, 0.6) is 0 Å². The summed E-state index contributed by atoms with van der Waals surface area (Å²) in [5.74, 6) is -0.171. The summed E-state index contributed by atoms with van der Waals surface area (Å²) in [4.78, 5) is 11.3. The smallest absolute Gasteiger partial charge is 0.174 e. The standard InChI is InChI=1S/C23H30N6.C7H7F/c1-17-7-9-18(10-8-17)21(24-2)22(29-14-3-4-15-29)20-11-13-26-23(28-20)27-19-6-5-12-25-16-19;1-6-2-4-7(8)5-3-6/h3,7-11,13-14,19,23,25,27-28H,2,4-6,12,15-16H2,1H3;2-5H,1H3/b22-21-;. The van der Waals surface area contributed by atoms with Gasteiger partial charge in [-0.1, -0.05) is 53.6 Å². The van der Waals surface area contributed by atoms with Crippen molar-refractivity contribution in [3.8, 4) is 0 Å². The molecule has 2 aromatic rings. The highest BCUT2D eigenvalue weighted by atomic mass is 19.1. The fraction of sp³-hybridized carbons (Fsp3) is 0.333. The number of allylic oxidation sites excluding steroid dienone is 1. The topological polar surface area (TPSA) is 64.0 Å². The van der Waals surface area contributed by atoms with Crippen molar-refractivity contribution < 1.29 is 4.39 Å². The largest absolute Gasteiger partial charge is 0.350 e. The molecule has 37 heavy (non-hydrogen) atoms. The van der Waals surface area contributed by atoms with E-state index in [1.54, 1.807) is 12.1 Å². The minimum absolute atomic E-state index is 0.148. The van der Waals surface area contributed by atoms with Crippen LogP contribution in [0.15, 0.2) is 88.3 Å². The maximum atomic E-state index is 12.1. The lowest BCUT2D eigenvalue weighted by Crippen LogP contribution is -2.52. The Hall–Kier alpha value is -3.55. The molecule has 0 saturated carbocycles.